The van der Waals surface area contributed by atoms with Crippen molar-refractivity contribution >= 4 is 17.5 Å². The molecule has 1 heterocycles. The van der Waals surface area contributed by atoms with Crippen LogP contribution in [0.4, 0.5) is 17.6 Å². The molecule has 0 saturated heterocycles. The van der Waals surface area contributed by atoms with E-state index in [9.17, 15) is 22.4 Å². The highest BCUT2D eigenvalue weighted by molar-refractivity contribution is 6.30. The zero-order valence-corrected chi connectivity index (χ0v) is 17.0. The Morgan fingerprint density at radius 2 is 2.06 bits per heavy atom. The Hall–Kier alpha value is -2.17. The van der Waals surface area contributed by atoms with Crippen LogP contribution in [0, 0.1) is 11.7 Å². The SMILES string of the molecule is O=C(COCCOC(F)(F)F)NC12CC(C1)[C@H](n1cnc(-c3ccc(Cl)c(F)c3)c1)C2. The Morgan fingerprint density at radius 1 is 1.29 bits per heavy atom. The highest BCUT2D eigenvalue weighted by atomic mass is 35.5. The number of aromatic nitrogens is 2. The van der Waals surface area contributed by atoms with Crippen LogP contribution in [0.15, 0.2) is 30.7 Å². The maximum Gasteiger partial charge on any atom is 0.522 e. The summed E-state index contributed by atoms with van der Waals surface area (Å²) in [6.07, 6.45) is 1.18. The average Bonchev–Trinajstić information content (AvgIpc) is 3.35. The smallest absolute Gasteiger partial charge is 0.369 e. The van der Waals surface area contributed by atoms with Crippen LogP contribution in [-0.2, 0) is 14.3 Å². The molecule has 3 saturated carbocycles. The van der Waals surface area contributed by atoms with Gasteiger partial charge in [0.05, 0.1) is 30.3 Å². The molecule has 1 aromatic heterocycles. The first kappa shape index (κ1) is 22.0. The third-order valence-electron chi connectivity index (χ3n) is 5.78. The summed E-state index contributed by atoms with van der Waals surface area (Å²) in [4.78, 5) is 16.5. The monoisotopic (exact) mass is 461 g/mol. The van der Waals surface area contributed by atoms with Gasteiger partial charge >= 0.3 is 6.36 Å². The number of rotatable bonds is 8. The van der Waals surface area contributed by atoms with Gasteiger partial charge in [0.1, 0.15) is 12.4 Å². The first-order chi connectivity index (χ1) is 14.6. The number of carbonyl (C=O) groups excluding carboxylic acids is 1. The van der Waals surface area contributed by atoms with E-state index in [4.69, 9.17) is 16.3 Å². The standard InChI is InChI=1S/C20H20ClF4N3O3/c21-14-2-1-12(5-15(14)22)16-9-28(11-26-16)17-8-19(6-13(17)7-19)27-18(29)10-30-3-4-31-20(23,24)25/h1-2,5,9,11,13,17H,3-4,6-8,10H2,(H,27,29)/t13?,17-,19?/m1/s1. The van der Waals surface area contributed by atoms with E-state index in [1.165, 1.54) is 12.1 Å². The molecule has 3 aliphatic carbocycles. The van der Waals surface area contributed by atoms with Crippen LogP contribution < -0.4 is 5.32 Å². The van der Waals surface area contributed by atoms with Gasteiger partial charge < -0.3 is 14.6 Å². The number of benzene rings is 1. The Kier molecular flexibility index (Phi) is 5.97. The van der Waals surface area contributed by atoms with E-state index in [0.717, 1.165) is 12.8 Å². The quantitative estimate of drug-likeness (QED) is 0.475. The summed E-state index contributed by atoms with van der Waals surface area (Å²) in [6, 6.07) is 4.68. The molecule has 1 N–H and O–H groups in total. The van der Waals surface area contributed by atoms with E-state index >= 15 is 0 Å². The van der Waals surface area contributed by atoms with Gasteiger partial charge in [0.2, 0.25) is 5.91 Å². The van der Waals surface area contributed by atoms with E-state index in [-0.39, 0.29) is 35.7 Å². The van der Waals surface area contributed by atoms with E-state index in [1.54, 1.807) is 12.4 Å². The molecule has 6 nitrogen and oxygen atoms in total. The van der Waals surface area contributed by atoms with Crippen LogP contribution in [0.5, 0.6) is 0 Å². The number of hydrogen-bond donors (Lipinski definition) is 1. The van der Waals surface area contributed by atoms with E-state index in [2.05, 4.69) is 15.0 Å². The summed E-state index contributed by atoms with van der Waals surface area (Å²) in [5.41, 5.74) is 0.919. The molecular weight excluding hydrogens is 442 g/mol. The Balaban J connectivity index is 1.28. The molecule has 1 aromatic carbocycles. The molecule has 0 radical (unpaired) electrons. The molecule has 11 heteroatoms. The van der Waals surface area contributed by atoms with Crippen LogP contribution in [0.2, 0.25) is 5.02 Å². The molecule has 0 unspecified atom stereocenters. The highest BCUT2D eigenvalue weighted by Gasteiger charge is 2.57. The van der Waals surface area contributed by atoms with Crippen molar-refractivity contribution in [3.05, 3.63) is 41.6 Å². The van der Waals surface area contributed by atoms with Crippen molar-refractivity contribution in [3.63, 3.8) is 0 Å². The van der Waals surface area contributed by atoms with Crippen LogP contribution >= 0.6 is 11.6 Å². The number of carbonyl (C=O) groups is 1. The summed E-state index contributed by atoms with van der Waals surface area (Å²) in [6.45, 7) is -1.31. The number of ether oxygens (including phenoxy) is 2. The van der Waals surface area contributed by atoms with Crippen molar-refractivity contribution in [2.75, 3.05) is 19.8 Å². The highest BCUT2D eigenvalue weighted by Crippen LogP contribution is 2.57. The number of nitrogens with one attached hydrogen (secondary N) is 1. The lowest BCUT2D eigenvalue weighted by atomic mass is 9.76. The predicted octanol–water partition coefficient (Wildman–Crippen LogP) is 4.11. The third kappa shape index (κ3) is 5.02. The van der Waals surface area contributed by atoms with Gasteiger partial charge in [-0.3, -0.25) is 9.53 Å². The summed E-state index contributed by atoms with van der Waals surface area (Å²) in [5, 5.41) is 3.01. The summed E-state index contributed by atoms with van der Waals surface area (Å²) >= 11 is 5.73. The van der Waals surface area contributed by atoms with E-state index in [0.29, 0.717) is 23.6 Å². The molecule has 31 heavy (non-hydrogen) atoms. The maximum absolute atomic E-state index is 13.7. The Morgan fingerprint density at radius 3 is 2.77 bits per heavy atom. The molecule has 0 spiro atoms. The predicted molar refractivity (Wildman–Crippen MR) is 103 cm³/mol. The third-order valence-corrected chi connectivity index (χ3v) is 6.09. The second kappa shape index (κ2) is 8.40. The topological polar surface area (TPSA) is 65.4 Å². The second-order valence-corrected chi connectivity index (χ2v) is 8.36. The first-order valence-corrected chi connectivity index (χ1v) is 10.1. The second-order valence-electron chi connectivity index (χ2n) is 7.95. The van der Waals surface area contributed by atoms with Crippen molar-refractivity contribution in [2.24, 2.45) is 5.92 Å². The van der Waals surface area contributed by atoms with Gasteiger partial charge in [-0.1, -0.05) is 17.7 Å². The molecule has 3 aliphatic rings. The minimum atomic E-state index is -4.71. The maximum atomic E-state index is 13.7. The first-order valence-electron chi connectivity index (χ1n) is 9.72. The van der Waals surface area contributed by atoms with Gasteiger partial charge in [0.25, 0.3) is 0 Å². The van der Waals surface area contributed by atoms with Crippen molar-refractivity contribution in [3.8, 4) is 11.3 Å². The van der Waals surface area contributed by atoms with E-state index < -0.39 is 18.8 Å². The summed E-state index contributed by atoms with van der Waals surface area (Å²) < 4.78 is 59.9. The summed E-state index contributed by atoms with van der Waals surface area (Å²) in [7, 11) is 0. The van der Waals surface area contributed by atoms with Gasteiger partial charge in [-0.15, -0.1) is 13.2 Å². The molecule has 168 valence electrons. The fraction of sp³-hybridized carbons (Fsp3) is 0.500. The Bertz CT molecular complexity index is 959. The zero-order chi connectivity index (χ0) is 22.2. The lowest BCUT2D eigenvalue weighted by molar-refractivity contribution is -0.326. The number of imidazole rings is 1. The normalized spacial score (nSPS) is 24.8. The molecule has 1 atom stereocenters. The van der Waals surface area contributed by atoms with Crippen LogP contribution in [-0.4, -0.2) is 47.2 Å². The van der Waals surface area contributed by atoms with E-state index in [1.807, 2.05) is 10.8 Å². The lowest BCUT2D eigenvalue weighted by Crippen LogP contribution is -2.52. The van der Waals surface area contributed by atoms with Gasteiger partial charge in [0.15, 0.2) is 0 Å². The van der Waals surface area contributed by atoms with Gasteiger partial charge in [-0.25, -0.2) is 9.37 Å². The molecule has 2 bridgehead atoms. The van der Waals surface area contributed by atoms with Crippen LogP contribution in [0.3, 0.4) is 0 Å². The van der Waals surface area contributed by atoms with Crippen molar-refractivity contribution in [1.82, 2.24) is 14.9 Å². The number of nitrogens with zero attached hydrogens (tertiary/aromatic N) is 2. The zero-order valence-electron chi connectivity index (χ0n) is 16.3. The largest absolute Gasteiger partial charge is 0.522 e. The number of fused-ring (bicyclic) bond motifs is 1. The molecule has 0 aliphatic heterocycles. The average molecular weight is 462 g/mol. The van der Waals surface area contributed by atoms with Crippen molar-refractivity contribution < 1.29 is 31.8 Å². The van der Waals surface area contributed by atoms with Gasteiger partial charge in [-0.05, 0) is 37.3 Å². The molecule has 2 aromatic rings. The van der Waals surface area contributed by atoms with Crippen LogP contribution in [0.1, 0.15) is 25.3 Å². The van der Waals surface area contributed by atoms with Gasteiger partial charge in [0, 0.05) is 23.3 Å². The fourth-order valence-corrected chi connectivity index (χ4v) is 4.60. The minimum Gasteiger partial charge on any atom is -0.369 e. The number of alkyl halides is 3. The Labute approximate surface area is 180 Å². The number of amides is 1. The molecule has 1 amide bonds. The van der Waals surface area contributed by atoms with Crippen molar-refractivity contribution in [1.29, 1.82) is 0 Å². The van der Waals surface area contributed by atoms with Gasteiger partial charge in [-0.2, -0.15) is 0 Å². The number of halogens is 5. The summed E-state index contributed by atoms with van der Waals surface area (Å²) in [5.74, 6) is -0.495. The number of hydrogen-bond acceptors (Lipinski definition) is 4. The molecule has 5 rings (SSSR count). The molecular formula is C20H20ClF4N3O3. The minimum absolute atomic E-state index is 0.0503. The molecule has 3 fully saturated rings. The fourth-order valence-electron chi connectivity index (χ4n) is 4.49. The van der Waals surface area contributed by atoms with Crippen LogP contribution in [0.25, 0.3) is 11.3 Å². The lowest BCUT2D eigenvalue weighted by Gasteiger charge is -2.39. The van der Waals surface area contributed by atoms with Crippen molar-refractivity contribution in [2.45, 2.75) is 37.2 Å².